The van der Waals surface area contributed by atoms with Crippen LogP contribution in [-0.2, 0) is 10.0 Å². The number of aromatic amines is 1. The Morgan fingerprint density at radius 1 is 1.44 bits per heavy atom. The second-order valence-electron chi connectivity index (χ2n) is 3.81. The molecular formula is C11H12ClN3O2S. The summed E-state index contributed by atoms with van der Waals surface area (Å²) in [7, 11) is -3.59. The maximum Gasteiger partial charge on any atom is 0.258 e. The lowest BCUT2D eigenvalue weighted by molar-refractivity contribution is 0.564. The van der Waals surface area contributed by atoms with Crippen molar-refractivity contribution in [3.63, 3.8) is 0 Å². The van der Waals surface area contributed by atoms with E-state index in [4.69, 9.17) is 11.6 Å². The zero-order chi connectivity index (χ0) is 13.2. The lowest BCUT2D eigenvalue weighted by Gasteiger charge is -2.13. The summed E-state index contributed by atoms with van der Waals surface area (Å²) in [5, 5.41) is 0.608. The normalized spacial score (nSPS) is 13.4. The van der Waals surface area contributed by atoms with Gasteiger partial charge in [0.15, 0.2) is 5.03 Å². The van der Waals surface area contributed by atoms with Gasteiger partial charge >= 0.3 is 0 Å². The first kappa shape index (κ1) is 13.1. The van der Waals surface area contributed by atoms with Crippen molar-refractivity contribution in [3.05, 3.63) is 47.4 Å². The first-order chi connectivity index (χ1) is 8.49. The van der Waals surface area contributed by atoms with Crippen LogP contribution in [0.5, 0.6) is 0 Å². The van der Waals surface area contributed by atoms with Crippen molar-refractivity contribution < 1.29 is 8.42 Å². The van der Waals surface area contributed by atoms with Gasteiger partial charge in [0, 0.05) is 11.1 Å². The quantitative estimate of drug-likeness (QED) is 0.903. The van der Waals surface area contributed by atoms with Gasteiger partial charge in [0.05, 0.1) is 12.5 Å². The van der Waals surface area contributed by atoms with E-state index in [9.17, 15) is 8.42 Å². The van der Waals surface area contributed by atoms with E-state index in [0.29, 0.717) is 5.02 Å². The molecule has 0 amide bonds. The van der Waals surface area contributed by atoms with Crippen LogP contribution in [0.2, 0.25) is 5.02 Å². The molecule has 0 bridgehead atoms. The molecule has 1 aromatic heterocycles. The Morgan fingerprint density at radius 2 is 2.22 bits per heavy atom. The second kappa shape index (κ2) is 5.09. The molecule has 0 aliphatic carbocycles. The molecule has 5 nitrogen and oxygen atoms in total. The number of imidazole rings is 1. The lowest BCUT2D eigenvalue weighted by atomic mass is 10.1. The van der Waals surface area contributed by atoms with Crippen molar-refractivity contribution in [2.24, 2.45) is 0 Å². The van der Waals surface area contributed by atoms with E-state index in [0.717, 1.165) is 5.56 Å². The molecule has 0 radical (unpaired) electrons. The maximum atomic E-state index is 11.9. The van der Waals surface area contributed by atoms with Gasteiger partial charge in [0.2, 0.25) is 0 Å². The Balaban J connectivity index is 2.20. The Bertz CT molecular complexity index is 625. The predicted octanol–water partition coefficient (Wildman–Crippen LogP) is 2.10. The molecule has 18 heavy (non-hydrogen) atoms. The van der Waals surface area contributed by atoms with Crippen LogP contribution in [0, 0.1) is 0 Å². The number of benzene rings is 1. The standard InChI is InChI=1S/C11H12ClN3O2S/c1-8(9-3-2-4-10(12)5-9)15-18(16,17)11-6-13-7-14-11/h2-8,15H,1H3,(H,13,14). The van der Waals surface area contributed by atoms with Crippen molar-refractivity contribution in [2.45, 2.75) is 18.0 Å². The first-order valence-electron chi connectivity index (χ1n) is 5.25. The molecule has 0 saturated heterocycles. The molecule has 2 rings (SSSR count). The average Bonchev–Trinajstić information content (AvgIpc) is 2.82. The minimum absolute atomic E-state index is 0.0383. The third-order valence-electron chi connectivity index (χ3n) is 2.44. The van der Waals surface area contributed by atoms with E-state index in [-0.39, 0.29) is 11.1 Å². The highest BCUT2D eigenvalue weighted by molar-refractivity contribution is 7.89. The summed E-state index contributed by atoms with van der Waals surface area (Å²) in [6.07, 6.45) is 2.58. The van der Waals surface area contributed by atoms with Crippen LogP contribution in [0.4, 0.5) is 0 Å². The van der Waals surface area contributed by atoms with Crippen LogP contribution in [0.15, 0.2) is 41.8 Å². The number of H-pyrrole nitrogens is 1. The van der Waals surface area contributed by atoms with Crippen LogP contribution < -0.4 is 4.72 Å². The Hall–Kier alpha value is -1.37. The van der Waals surface area contributed by atoms with Gasteiger partial charge in [0.1, 0.15) is 0 Å². The zero-order valence-corrected chi connectivity index (χ0v) is 11.2. The van der Waals surface area contributed by atoms with Crippen LogP contribution in [0.3, 0.4) is 0 Å². The molecule has 1 heterocycles. The molecule has 2 aromatic rings. The maximum absolute atomic E-state index is 11.9. The van der Waals surface area contributed by atoms with Crippen LogP contribution in [0.25, 0.3) is 0 Å². The number of hydrogen-bond acceptors (Lipinski definition) is 3. The van der Waals surface area contributed by atoms with E-state index in [1.807, 2.05) is 6.07 Å². The number of sulfonamides is 1. The number of nitrogens with one attached hydrogen (secondary N) is 2. The van der Waals surface area contributed by atoms with E-state index in [2.05, 4.69) is 14.7 Å². The summed E-state index contributed by atoms with van der Waals surface area (Å²) < 4.78 is 26.4. The summed E-state index contributed by atoms with van der Waals surface area (Å²) in [6.45, 7) is 1.75. The van der Waals surface area contributed by atoms with Gasteiger partial charge in [-0.2, -0.15) is 0 Å². The second-order valence-corrected chi connectivity index (χ2v) is 5.93. The monoisotopic (exact) mass is 285 g/mol. The Morgan fingerprint density at radius 3 is 2.83 bits per heavy atom. The van der Waals surface area contributed by atoms with E-state index >= 15 is 0 Å². The van der Waals surface area contributed by atoms with Crippen LogP contribution in [-0.4, -0.2) is 18.4 Å². The fourth-order valence-electron chi connectivity index (χ4n) is 1.53. The minimum Gasteiger partial charge on any atom is -0.335 e. The lowest BCUT2D eigenvalue weighted by Crippen LogP contribution is -2.27. The molecule has 0 aliphatic heterocycles. The largest absolute Gasteiger partial charge is 0.335 e. The number of rotatable bonds is 4. The summed E-state index contributed by atoms with van der Waals surface area (Å²) >= 11 is 5.87. The summed E-state index contributed by atoms with van der Waals surface area (Å²) in [5.41, 5.74) is 0.797. The average molecular weight is 286 g/mol. The van der Waals surface area contributed by atoms with E-state index < -0.39 is 10.0 Å². The van der Waals surface area contributed by atoms with Gasteiger partial charge in [-0.3, -0.25) is 0 Å². The smallest absolute Gasteiger partial charge is 0.258 e. The van der Waals surface area contributed by atoms with Gasteiger partial charge in [-0.15, -0.1) is 0 Å². The number of aromatic nitrogens is 2. The van der Waals surface area contributed by atoms with Crippen molar-refractivity contribution in [1.82, 2.24) is 14.7 Å². The van der Waals surface area contributed by atoms with Crippen molar-refractivity contribution in [1.29, 1.82) is 0 Å². The fourth-order valence-corrected chi connectivity index (χ4v) is 2.86. The van der Waals surface area contributed by atoms with E-state index in [1.165, 1.54) is 12.5 Å². The number of hydrogen-bond donors (Lipinski definition) is 2. The van der Waals surface area contributed by atoms with Gasteiger partial charge in [0.25, 0.3) is 10.0 Å². The molecule has 1 unspecified atom stereocenters. The van der Waals surface area contributed by atoms with Gasteiger partial charge in [-0.05, 0) is 24.6 Å². The highest BCUT2D eigenvalue weighted by Crippen LogP contribution is 2.19. The fraction of sp³-hybridized carbons (Fsp3) is 0.182. The highest BCUT2D eigenvalue weighted by atomic mass is 35.5. The van der Waals surface area contributed by atoms with Crippen molar-refractivity contribution in [3.8, 4) is 0 Å². The predicted molar refractivity (Wildman–Crippen MR) is 68.8 cm³/mol. The molecule has 2 N–H and O–H groups in total. The molecule has 0 aliphatic rings. The third-order valence-corrected chi connectivity index (χ3v) is 4.14. The Kier molecular flexibility index (Phi) is 3.70. The number of halogens is 1. The Labute approximate surface area is 110 Å². The summed E-state index contributed by atoms with van der Waals surface area (Å²) in [6, 6.07) is 6.67. The summed E-state index contributed by atoms with van der Waals surface area (Å²) in [5.74, 6) is 0. The van der Waals surface area contributed by atoms with E-state index in [1.54, 1.807) is 25.1 Å². The van der Waals surface area contributed by atoms with Gasteiger partial charge in [-0.1, -0.05) is 23.7 Å². The molecule has 0 spiro atoms. The SMILES string of the molecule is CC(NS(=O)(=O)c1cnc[nH]1)c1cccc(Cl)c1. The van der Waals surface area contributed by atoms with Crippen molar-refractivity contribution in [2.75, 3.05) is 0 Å². The zero-order valence-electron chi connectivity index (χ0n) is 9.59. The topological polar surface area (TPSA) is 74.8 Å². The summed E-state index contributed by atoms with van der Waals surface area (Å²) in [4.78, 5) is 6.24. The molecule has 1 aromatic carbocycles. The van der Waals surface area contributed by atoms with Gasteiger partial charge in [-0.25, -0.2) is 18.1 Å². The molecule has 96 valence electrons. The molecule has 0 saturated carbocycles. The minimum atomic E-state index is -3.59. The van der Waals surface area contributed by atoms with Gasteiger partial charge < -0.3 is 4.98 Å². The first-order valence-corrected chi connectivity index (χ1v) is 7.11. The molecule has 0 fully saturated rings. The third kappa shape index (κ3) is 2.90. The number of nitrogens with zero attached hydrogens (tertiary/aromatic N) is 1. The highest BCUT2D eigenvalue weighted by Gasteiger charge is 2.19. The molecule has 1 atom stereocenters. The molecular weight excluding hydrogens is 274 g/mol. The van der Waals surface area contributed by atoms with Crippen molar-refractivity contribution >= 4 is 21.6 Å². The van der Waals surface area contributed by atoms with Crippen LogP contribution in [0.1, 0.15) is 18.5 Å². The van der Waals surface area contributed by atoms with Crippen LogP contribution >= 0.6 is 11.6 Å². The molecule has 7 heteroatoms.